The highest BCUT2D eigenvalue weighted by Crippen LogP contribution is 2.32. The minimum Gasteiger partial charge on any atom is -0.354 e. The van der Waals surface area contributed by atoms with E-state index in [1.54, 1.807) is 0 Å². The van der Waals surface area contributed by atoms with Crippen molar-refractivity contribution in [3.8, 4) is 0 Å². The smallest absolute Gasteiger partial charge is 0.254 e. The zero-order chi connectivity index (χ0) is 22.3. The van der Waals surface area contributed by atoms with Crippen molar-refractivity contribution in [1.82, 2.24) is 15.1 Å². The summed E-state index contributed by atoms with van der Waals surface area (Å²) >= 11 is 0. The van der Waals surface area contributed by atoms with Crippen molar-refractivity contribution in [2.75, 3.05) is 26.2 Å². The predicted molar refractivity (Wildman–Crippen MR) is 124 cm³/mol. The first kappa shape index (κ1) is 22.8. The maximum absolute atomic E-state index is 13.4. The van der Waals surface area contributed by atoms with Crippen LogP contribution in [0.25, 0.3) is 0 Å². The highest BCUT2D eigenvalue weighted by Gasteiger charge is 2.39. The summed E-state index contributed by atoms with van der Waals surface area (Å²) in [7, 11) is 0. The maximum atomic E-state index is 13.4. The number of nitrogens with zero attached hydrogens (tertiary/aromatic N) is 2. The van der Waals surface area contributed by atoms with Gasteiger partial charge in [0.1, 0.15) is 0 Å². The van der Waals surface area contributed by atoms with E-state index in [0.29, 0.717) is 44.1 Å². The van der Waals surface area contributed by atoms with Gasteiger partial charge in [0.25, 0.3) is 5.91 Å². The van der Waals surface area contributed by atoms with Crippen LogP contribution in [-0.4, -0.2) is 59.7 Å². The molecule has 3 fully saturated rings. The molecule has 4 rings (SSSR count). The topological polar surface area (TPSA) is 69.7 Å². The molecule has 3 aliphatic rings. The third-order valence-electron chi connectivity index (χ3n) is 7.55. The van der Waals surface area contributed by atoms with E-state index in [4.69, 9.17) is 0 Å². The van der Waals surface area contributed by atoms with Gasteiger partial charge in [-0.1, -0.05) is 43.9 Å². The normalized spacial score (nSPS) is 25.6. The molecule has 1 aromatic carbocycles. The van der Waals surface area contributed by atoms with Crippen LogP contribution in [0.4, 0.5) is 0 Å². The van der Waals surface area contributed by atoms with Crippen molar-refractivity contribution in [3.05, 3.63) is 35.9 Å². The summed E-state index contributed by atoms with van der Waals surface area (Å²) in [6.45, 7) is 2.26. The molecule has 174 valence electrons. The first-order valence-electron chi connectivity index (χ1n) is 12.5. The van der Waals surface area contributed by atoms with E-state index >= 15 is 0 Å². The number of hydrogen-bond acceptors (Lipinski definition) is 3. The molecule has 32 heavy (non-hydrogen) atoms. The fraction of sp³-hybridized carbons (Fsp3) is 0.654. The molecule has 6 nitrogen and oxygen atoms in total. The van der Waals surface area contributed by atoms with Gasteiger partial charge < -0.3 is 15.1 Å². The molecule has 0 unspecified atom stereocenters. The molecule has 0 aromatic heterocycles. The number of carbonyl (C=O) groups excluding carboxylic acids is 3. The fourth-order valence-electron chi connectivity index (χ4n) is 5.79. The molecule has 1 N–H and O–H groups in total. The van der Waals surface area contributed by atoms with Gasteiger partial charge in [0.05, 0.1) is 5.92 Å². The average Bonchev–Trinajstić information content (AvgIpc) is 3.30. The number of nitrogens with one attached hydrogen (secondary N) is 1. The lowest BCUT2D eigenvalue weighted by Crippen LogP contribution is -2.47. The van der Waals surface area contributed by atoms with Crippen molar-refractivity contribution >= 4 is 17.7 Å². The largest absolute Gasteiger partial charge is 0.354 e. The first-order valence-corrected chi connectivity index (χ1v) is 12.5. The summed E-state index contributed by atoms with van der Waals surface area (Å²) in [5.74, 6) is 0.563. The summed E-state index contributed by atoms with van der Waals surface area (Å²) in [6, 6.07) is 9.29. The van der Waals surface area contributed by atoms with Crippen molar-refractivity contribution in [2.24, 2.45) is 11.8 Å². The highest BCUT2D eigenvalue weighted by molar-refractivity contribution is 5.95. The van der Waals surface area contributed by atoms with Crippen LogP contribution in [0.5, 0.6) is 0 Å². The molecule has 2 atom stereocenters. The van der Waals surface area contributed by atoms with Crippen molar-refractivity contribution < 1.29 is 14.4 Å². The van der Waals surface area contributed by atoms with E-state index in [1.165, 1.54) is 19.3 Å². The van der Waals surface area contributed by atoms with E-state index in [2.05, 4.69) is 5.32 Å². The quantitative estimate of drug-likeness (QED) is 0.782. The molecule has 3 amide bonds. The van der Waals surface area contributed by atoms with Crippen molar-refractivity contribution in [2.45, 2.75) is 70.3 Å². The van der Waals surface area contributed by atoms with Crippen LogP contribution in [0, 0.1) is 11.8 Å². The van der Waals surface area contributed by atoms with Gasteiger partial charge in [-0.05, 0) is 50.2 Å². The summed E-state index contributed by atoms with van der Waals surface area (Å²) in [4.78, 5) is 43.3. The molecule has 1 saturated heterocycles. The lowest BCUT2D eigenvalue weighted by Gasteiger charge is -2.33. The first-order chi connectivity index (χ1) is 15.6. The number of benzene rings is 1. The fourth-order valence-corrected chi connectivity index (χ4v) is 5.79. The van der Waals surface area contributed by atoms with Crippen LogP contribution in [0.1, 0.15) is 74.6 Å². The minimum atomic E-state index is -0.160. The third kappa shape index (κ3) is 5.51. The lowest BCUT2D eigenvalue weighted by molar-refractivity contribution is -0.133. The van der Waals surface area contributed by atoms with Gasteiger partial charge in [0, 0.05) is 44.2 Å². The van der Waals surface area contributed by atoms with Crippen LogP contribution < -0.4 is 5.32 Å². The number of rotatable bonds is 3. The van der Waals surface area contributed by atoms with E-state index < -0.39 is 0 Å². The Morgan fingerprint density at radius 1 is 0.875 bits per heavy atom. The Hall–Kier alpha value is -2.37. The molecule has 6 heteroatoms. The minimum absolute atomic E-state index is 0.00497. The second-order valence-electron chi connectivity index (χ2n) is 9.70. The standard InChI is InChI=1S/C26H37N3O3/c30-24(19-20-9-3-1-4-10-20)28-16-8-17-29(26(32)21-11-5-2-6-12-21)23-14-7-13-22(23)25(31)27-15-18-28/h2,5-6,11-12,20,22-23H,1,3-4,7-10,13-19H2,(H,27,31)/t22-,23+/m1/s1. The maximum Gasteiger partial charge on any atom is 0.254 e. The Bertz CT molecular complexity index is 791. The van der Waals surface area contributed by atoms with E-state index in [-0.39, 0.29) is 29.7 Å². The zero-order valence-electron chi connectivity index (χ0n) is 19.1. The Morgan fingerprint density at radius 3 is 2.44 bits per heavy atom. The number of hydrogen-bond donors (Lipinski definition) is 1. The Kier molecular flexibility index (Phi) is 7.82. The monoisotopic (exact) mass is 439 g/mol. The van der Waals surface area contributed by atoms with Gasteiger partial charge in [-0.3, -0.25) is 14.4 Å². The lowest BCUT2D eigenvalue weighted by atomic mass is 9.86. The molecule has 0 spiro atoms. The average molecular weight is 440 g/mol. The Balaban J connectivity index is 1.47. The SMILES string of the molecule is O=C1NCCN(C(=O)CC2CCCCC2)CCCN(C(=O)c2ccccc2)[C@H]2CCC[C@@H]12. The molecule has 1 heterocycles. The molecule has 2 aliphatic carbocycles. The molecule has 2 saturated carbocycles. The van der Waals surface area contributed by atoms with Crippen LogP contribution in [0.2, 0.25) is 0 Å². The van der Waals surface area contributed by atoms with Crippen LogP contribution >= 0.6 is 0 Å². The summed E-state index contributed by atoms with van der Waals surface area (Å²) < 4.78 is 0. The Labute approximate surface area is 191 Å². The van der Waals surface area contributed by atoms with Gasteiger partial charge in [-0.25, -0.2) is 0 Å². The molecular weight excluding hydrogens is 402 g/mol. The summed E-state index contributed by atoms with van der Waals surface area (Å²) in [6.07, 6.45) is 10.1. The Morgan fingerprint density at radius 2 is 1.66 bits per heavy atom. The van der Waals surface area contributed by atoms with Crippen LogP contribution in [0.3, 0.4) is 0 Å². The number of amides is 3. The zero-order valence-corrected chi connectivity index (χ0v) is 19.1. The third-order valence-corrected chi connectivity index (χ3v) is 7.55. The second-order valence-corrected chi connectivity index (χ2v) is 9.70. The number of carbonyl (C=O) groups is 3. The highest BCUT2D eigenvalue weighted by atomic mass is 16.2. The molecular formula is C26H37N3O3. The van der Waals surface area contributed by atoms with Gasteiger partial charge >= 0.3 is 0 Å². The van der Waals surface area contributed by atoms with Gasteiger partial charge in [0.2, 0.25) is 11.8 Å². The van der Waals surface area contributed by atoms with Crippen LogP contribution in [0.15, 0.2) is 30.3 Å². The summed E-state index contributed by atoms with van der Waals surface area (Å²) in [5, 5.41) is 3.07. The van der Waals surface area contributed by atoms with Gasteiger partial charge in [0.15, 0.2) is 0 Å². The van der Waals surface area contributed by atoms with Crippen LogP contribution in [-0.2, 0) is 9.59 Å². The molecule has 0 radical (unpaired) electrons. The second kappa shape index (κ2) is 11.0. The predicted octanol–water partition coefficient (Wildman–Crippen LogP) is 3.62. The van der Waals surface area contributed by atoms with E-state index in [9.17, 15) is 14.4 Å². The molecule has 0 bridgehead atoms. The van der Waals surface area contributed by atoms with Gasteiger partial charge in [-0.15, -0.1) is 0 Å². The van der Waals surface area contributed by atoms with E-state index in [1.807, 2.05) is 40.1 Å². The van der Waals surface area contributed by atoms with Crippen molar-refractivity contribution in [1.29, 1.82) is 0 Å². The number of fused-ring (bicyclic) bond motifs is 1. The van der Waals surface area contributed by atoms with Crippen molar-refractivity contribution in [3.63, 3.8) is 0 Å². The van der Waals surface area contributed by atoms with Gasteiger partial charge in [-0.2, -0.15) is 0 Å². The summed E-state index contributed by atoms with van der Waals surface area (Å²) in [5.41, 5.74) is 0.665. The molecule has 1 aromatic rings. The van der Waals surface area contributed by atoms with E-state index in [0.717, 1.165) is 38.5 Å². The molecule has 1 aliphatic heterocycles.